The van der Waals surface area contributed by atoms with Crippen molar-refractivity contribution >= 4 is 11.6 Å². The number of hydrogen-bond donors (Lipinski definition) is 2. The highest BCUT2D eigenvalue weighted by Crippen LogP contribution is 2.30. The van der Waals surface area contributed by atoms with Crippen LogP contribution >= 0.6 is 0 Å². The molecule has 2 aromatic rings. The first kappa shape index (κ1) is 14.5. The molecule has 114 valence electrons. The highest BCUT2D eigenvalue weighted by molar-refractivity contribution is 6.29. The molecular formula is C16H16N2O4. The van der Waals surface area contributed by atoms with Crippen molar-refractivity contribution in [3.8, 4) is 5.69 Å². The van der Waals surface area contributed by atoms with Crippen LogP contribution in [0.2, 0.25) is 0 Å². The molecule has 1 saturated carbocycles. The number of aromatic nitrogens is 2. The van der Waals surface area contributed by atoms with E-state index in [9.17, 15) is 19.5 Å². The maximum Gasteiger partial charge on any atom is 0.275 e. The largest absolute Gasteiger partial charge is 0.377 e. The molecule has 0 amide bonds. The fourth-order valence-electron chi connectivity index (χ4n) is 2.78. The summed E-state index contributed by atoms with van der Waals surface area (Å²) < 4.78 is 1.34. The molecular weight excluding hydrogens is 284 g/mol. The summed E-state index contributed by atoms with van der Waals surface area (Å²) >= 11 is 0. The summed E-state index contributed by atoms with van der Waals surface area (Å²) in [4.78, 5) is 36.2. The SMILES string of the molecule is CCCc1[nH]n(-c2ccccc2)c(=O)c1C1C(=O)C(O)C1=O. The van der Waals surface area contributed by atoms with E-state index in [0.717, 1.165) is 6.42 Å². The molecule has 0 spiro atoms. The van der Waals surface area contributed by atoms with Crippen molar-refractivity contribution in [3.63, 3.8) is 0 Å². The molecule has 0 atom stereocenters. The third-order valence-electron chi connectivity index (χ3n) is 3.92. The van der Waals surface area contributed by atoms with Gasteiger partial charge in [-0.1, -0.05) is 31.5 Å². The molecule has 1 aliphatic rings. The van der Waals surface area contributed by atoms with E-state index in [1.165, 1.54) is 4.68 Å². The quantitative estimate of drug-likeness (QED) is 0.814. The second-order valence-electron chi connectivity index (χ2n) is 5.37. The van der Waals surface area contributed by atoms with Gasteiger partial charge in [0.1, 0.15) is 5.92 Å². The van der Waals surface area contributed by atoms with Gasteiger partial charge in [0.2, 0.25) is 0 Å². The molecule has 0 bridgehead atoms. The van der Waals surface area contributed by atoms with Gasteiger partial charge in [0, 0.05) is 5.69 Å². The van der Waals surface area contributed by atoms with Gasteiger partial charge >= 0.3 is 0 Å². The van der Waals surface area contributed by atoms with E-state index in [2.05, 4.69) is 5.10 Å². The second-order valence-corrected chi connectivity index (χ2v) is 5.37. The van der Waals surface area contributed by atoms with Crippen LogP contribution in [0.3, 0.4) is 0 Å². The molecule has 1 aromatic carbocycles. The fraction of sp³-hybridized carbons (Fsp3) is 0.312. The highest BCUT2D eigenvalue weighted by Gasteiger charge is 2.51. The predicted octanol–water partition coefficient (Wildman–Crippen LogP) is 0.714. The topological polar surface area (TPSA) is 92.2 Å². The van der Waals surface area contributed by atoms with Gasteiger partial charge in [0.25, 0.3) is 5.56 Å². The van der Waals surface area contributed by atoms with Gasteiger partial charge in [0.05, 0.1) is 11.3 Å². The minimum absolute atomic E-state index is 0.172. The van der Waals surface area contributed by atoms with E-state index in [0.29, 0.717) is 17.8 Å². The van der Waals surface area contributed by atoms with E-state index in [-0.39, 0.29) is 5.56 Å². The van der Waals surface area contributed by atoms with E-state index in [1.807, 2.05) is 13.0 Å². The minimum atomic E-state index is -1.58. The van der Waals surface area contributed by atoms with Crippen LogP contribution in [0.1, 0.15) is 30.5 Å². The van der Waals surface area contributed by atoms with Gasteiger partial charge < -0.3 is 5.11 Å². The van der Waals surface area contributed by atoms with Crippen LogP contribution in [0.25, 0.3) is 5.69 Å². The standard InChI is InChI=1S/C16H16N2O4/c1-2-6-10-11(12-13(19)15(21)14(12)20)16(22)18(17-10)9-7-4-3-5-8-9/h3-5,7-8,12,15,17,21H,2,6H2,1H3. The van der Waals surface area contributed by atoms with Crippen LogP contribution in [0.4, 0.5) is 0 Å². The van der Waals surface area contributed by atoms with Crippen molar-refractivity contribution in [3.05, 3.63) is 51.9 Å². The number of H-pyrrole nitrogens is 1. The number of benzene rings is 1. The van der Waals surface area contributed by atoms with Crippen LogP contribution in [-0.2, 0) is 16.0 Å². The van der Waals surface area contributed by atoms with E-state index >= 15 is 0 Å². The average Bonchev–Trinajstić information content (AvgIpc) is 2.85. The van der Waals surface area contributed by atoms with Crippen LogP contribution < -0.4 is 5.56 Å². The molecule has 22 heavy (non-hydrogen) atoms. The Kier molecular flexibility index (Phi) is 3.54. The summed E-state index contributed by atoms with van der Waals surface area (Å²) in [5.41, 5.74) is 0.977. The number of aromatic amines is 1. The molecule has 2 N–H and O–H groups in total. The molecule has 6 nitrogen and oxygen atoms in total. The van der Waals surface area contributed by atoms with Gasteiger partial charge in [0.15, 0.2) is 17.7 Å². The summed E-state index contributed by atoms with van der Waals surface area (Å²) in [5.74, 6) is -2.33. The molecule has 1 heterocycles. The number of aliphatic hydroxyl groups excluding tert-OH is 1. The molecule has 1 aromatic heterocycles. The Morgan fingerprint density at radius 1 is 1.14 bits per heavy atom. The first-order valence-electron chi connectivity index (χ1n) is 7.21. The van der Waals surface area contributed by atoms with E-state index in [4.69, 9.17) is 0 Å². The number of ketones is 2. The summed E-state index contributed by atoms with van der Waals surface area (Å²) in [6.07, 6.45) is -0.268. The summed E-state index contributed by atoms with van der Waals surface area (Å²) in [6.45, 7) is 1.95. The van der Waals surface area contributed by atoms with Crippen LogP contribution in [-0.4, -0.2) is 32.6 Å². The molecule has 0 radical (unpaired) electrons. The highest BCUT2D eigenvalue weighted by atomic mass is 16.3. The Morgan fingerprint density at radius 2 is 1.77 bits per heavy atom. The summed E-state index contributed by atoms with van der Waals surface area (Å²) in [5, 5.41) is 12.3. The van der Waals surface area contributed by atoms with Gasteiger partial charge in [-0.2, -0.15) is 0 Å². The van der Waals surface area contributed by atoms with Crippen molar-refractivity contribution in [2.75, 3.05) is 0 Å². The van der Waals surface area contributed by atoms with Crippen molar-refractivity contribution < 1.29 is 14.7 Å². The molecule has 0 aliphatic heterocycles. The Hall–Kier alpha value is -2.47. The van der Waals surface area contributed by atoms with Gasteiger partial charge in [-0.25, -0.2) is 4.68 Å². The maximum atomic E-state index is 12.6. The van der Waals surface area contributed by atoms with Gasteiger partial charge in [-0.15, -0.1) is 0 Å². The Labute approximate surface area is 126 Å². The third kappa shape index (κ3) is 2.03. The van der Waals surface area contributed by atoms with Gasteiger partial charge in [-0.3, -0.25) is 19.5 Å². The lowest BCUT2D eigenvalue weighted by Crippen LogP contribution is -2.52. The third-order valence-corrected chi connectivity index (χ3v) is 3.92. The number of nitrogens with zero attached hydrogens (tertiary/aromatic N) is 1. The summed E-state index contributed by atoms with van der Waals surface area (Å²) in [7, 11) is 0. The number of aliphatic hydroxyl groups is 1. The first-order valence-corrected chi connectivity index (χ1v) is 7.21. The molecule has 3 rings (SSSR count). The fourth-order valence-corrected chi connectivity index (χ4v) is 2.78. The average molecular weight is 300 g/mol. The zero-order chi connectivity index (χ0) is 15.9. The van der Waals surface area contributed by atoms with Crippen molar-refractivity contribution in [2.45, 2.75) is 31.8 Å². The van der Waals surface area contributed by atoms with Crippen LogP contribution in [0, 0.1) is 0 Å². The van der Waals surface area contributed by atoms with Crippen molar-refractivity contribution in [1.29, 1.82) is 0 Å². The number of aryl methyl sites for hydroxylation is 1. The Morgan fingerprint density at radius 3 is 2.36 bits per heavy atom. The van der Waals surface area contributed by atoms with E-state index in [1.54, 1.807) is 24.3 Å². The second kappa shape index (κ2) is 5.38. The van der Waals surface area contributed by atoms with Crippen LogP contribution in [0.15, 0.2) is 35.1 Å². The predicted molar refractivity (Wildman–Crippen MR) is 79.1 cm³/mol. The molecule has 0 unspecified atom stereocenters. The number of carbonyl (C=O) groups excluding carboxylic acids is 2. The normalized spacial score (nSPS) is 21.0. The Bertz CT molecular complexity index is 772. The lowest BCUT2D eigenvalue weighted by Gasteiger charge is -2.27. The smallest absolute Gasteiger partial charge is 0.275 e. The Balaban J connectivity index is 2.14. The van der Waals surface area contributed by atoms with Crippen LogP contribution in [0.5, 0.6) is 0 Å². The monoisotopic (exact) mass is 300 g/mol. The van der Waals surface area contributed by atoms with Crippen molar-refractivity contribution in [1.82, 2.24) is 9.78 Å². The number of carbonyl (C=O) groups is 2. The number of Topliss-reactive ketones (excluding diaryl/α,β-unsaturated/α-hetero) is 2. The van der Waals surface area contributed by atoms with E-state index < -0.39 is 29.1 Å². The zero-order valence-electron chi connectivity index (χ0n) is 12.1. The number of rotatable bonds is 4. The first-order chi connectivity index (χ1) is 10.6. The lowest BCUT2D eigenvalue weighted by atomic mass is 9.74. The number of para-hydroxylation sites is 1. The summed E-state index contributed by atoms with van der Waals surface area (Å²) in [6, 6.07) is 8.95. The lowest BCUT2D eigenvalue weighted by molar-refractivity contribution is -0.152. The van der Waals surface area contributed by atoms with Gasteiger partial charge in [-0.05, 0) is 18.6 Å². The molecule has 1 fully saturated rings. The van der Waals surface area contributed by atoms with Crippen molar-refractivity contribution in [2.24, 2.45) is 0 Å². The number of hydrogen-bond acceptors (Lipinski definition) is 4. The maximum absolute atomic E-state index is 12.6. The zero-order valence-corrected chi connectivity index (χ0v) is 12.1. The molecule has 0 saturated heterocycles. The molecule has 1 aliphatic carbocycles. The molecule has 6 heteroatoms. The minimum Gasteiger partial charge on any atom is -0.377 e. The number of nitrogens with one attached hydrogen (secondary N) is 1.